The Bertz CT molecular complexity index is 1540. The summed E-state index contributed by atoms with van der Waals surface area (Å²) in [4.78, 5) is 14.4. The van der Waals surface area contributed by atoms with Crippen LogP contribution in [0.2, 0.25) is 0 Å². The van der Waals surface area contributed by atoms with Crippen molar-refractivity contribution in [1.29, 1.82) is 0 Å². The average Bonchev–Trinajstić information content (AvgIpc) is 3.49. The first-order valence-corrected chi connectivity index (χ1v) is 14.3. The number of fused-ring (bicyclic) bond motifs is 1. The van der Waals surface area contributed by atoms with E-state index in [1.807, 2.05) is 78.3 Å². The number of benzene rings is 4. The van der Waals surface area contributed by atoms with E-state index in [2.05, 4.69) is 22.8 Å². The molecule has 5 rings (SSSR count). The molecule has 0 aromatic heterocycles. The van der Waals surface area contributed by atoms with Gasteiger partial charge in [-0.05, 0) is 73.0 Å². The molecule has 1 heterocycles. The second kappa shape index (κ2) is 13.5. The molecule has 0 bridgehead atoms. The molecule has 0 unspecified atom stereocenters. The lowest BCUT2D eigenvalue weighted by atomic mass is 9.95. The number of methoxy groups -OCH3 is 1. The van der Waals surface area contributed by atoms with E-state index in [9.17, 15) is 14.5 Å². The Balaban J connectivity index is 1.34. The van der Waals surface area contributed by atoms with E-state index in [4.69, 9.17) is 4.74 Å². The fraction of sp³-hybridized carbons (Fsp3) is 0.182. The second-order valence-electron chi connectivity index (χ2n) is 9.96. The number of ether oxygens (including phenoxy) is 1. The largest absolute Gasteiger partial charge is 0.508 e. The molecule has 0 fully saturated rings. The van der Waals surface area contributed by atoms with Crippen LogP contribution in [-0.4, -0.2) is 35.3 Å². The van der Waals surface area contributed by atoms with Crippen molar-refractivity contribution in [2.45, 2.75) is 30.3 Å². The highest BCUT2D eigenvalue weighted by atomic mass is 32.2. The van der Waals surface area contributed by atoms with Gasteiger partial charge in [-0.2, -0.15) is 0 Å². The number of hydrogen-bond acceptors (Lipinski definition) is 6. The summed E-state index contributed by atoms with van der Waals surface area (Å²) >= 11 is 0.696. The predicted octanol–water partition coefficient (Wildman–Crippen LogP) is 5.33. The number of quaternary nitrogens is 1. The number of hydrogen-bond donors (Lipinski definition) is 5. The quantitative estimate of drug-likeness (QED) is 0.0898. The Hall–Kier alpha value is -4.08. The van der Waals surface area contributed by atoms with E-state index in [0.717, 1.165) is 39.9 Å². The van der Waals surface area contributed by atoms with Gasteiger partial charge in [-0.1, -0.05) is 42.5 Å². The zero-order valence-corrected chi connectivity index (χ0v) is 23.7. The van der Waals surface area contributed by atoms with Gasteiger partial charge >= 0.3 is 0 Å². The Morgan fingerprint density at radius 3 is 2.59 bits per heavy atom. The summed E-state index contributed by atoms with van der Waals surface area (Å²) in [5, 5.41) is 18.4. The molecule has 4 aromatic rings. The van der Waals surface area contributed by atoms with Gasteiger partial charge in [0.15, 0.2) is 0 Å². The zero-order valence-electron chi connectivity index (χ0n) is 22.8. The van der Waals surface area contributed by atoms with Crippen molar-refractivity contribution >= 4 is 29.7 Å². The van der Waals surface area contributed by atoms with Crippen LogP contribution in [-0.2, 0) is 13.0 Å². The van der Waals surface area contributed by atoms with Crippen molar-refractivity contribution in [2.24, 2.45) is 0 Å². The van der Waals surface area contributed by atoms with E-state index < -0.39 is 0 Å². The van der Waals surface area contributed by atoms with Gasteiger partial charge < -0.3 is 25.0 Å². The van der Waals surface area contributed by atoms with Crippen LogP contribution >= 0.6 is 12.0 Å². The minimum atomic E-state index is -0.121. The fourth-order valence-corrected chi connectivity index (χ4v) is 5.55. The molecule has 41 heavy (non-hydrogen) atoms. The molecule has 0 radical (unpaired) electrons. The van der Waals surface area contributed by atoms with Gasteiger partial charge in [0, 0.05) is 46.7 Å². The first-order chi connectivity index (χ1) is 20.1. The Morgan fingerprint density at radius 2 is 1.80 bits per heavy atom. The van der Waals surface area contributed by atoms with Crippen LogP contribution in [0, 0.1) is 0 Å². The molecule has 8 heteroatoms. The van der Waals surface area contributed by atoms with Crippen LogP contribution in [0.5, 0.6) is 11.5 Å². The summed E-state index contributed by atoms with van der Waals surface area (Å²) in [7, 11) is 1.62. The standard InChI is InChI=1S/C33H33N3O4S/c1-40-26-10-13-31(41-39)30(20-26)27-11-12-29(28-15-17-35-32(27)28)33(38)36-24(18-22-6-3-2-4-7-22)14-16-34-21-23-8-5-9-25(37)19-23/h2-13,15,17,19-20,24,34-35,37,39H,14,16,18,21H2,1H3,(H,36,38)/p+1/t24-/m1/s1. The molecular formula is C33H34N3O4S+. The van der Waals surface area contributed by atoms with Gasteiger partial charge in [0.25, 0.3) is 5.91 Å². The number of carbonyl (C=O) groups excluding carboxylic acids is 1. The van der Waals surface area contributed by atoms with Crippen LogP contribution in [0.4, 0.5) is 5.69 Å². The van der Waals surface area contributed by atoms with E-state index in [1.54, 1.807) is 19.2 Å². The Labute approximate surface area is 244 Å². The van der Waals surface area contributed by atoms with E-state index in [-0.39, 0.29) is 17.7 Å². The number of nitrogens with two attached hydrogens (primary N) is 1. The molecule has 0 saturated carbocycles. The Morgan fingerprint density at radius 1 is 0.976 bits per heavy atom. The van der Waals surface area contributed by atoms with Gasteiger partial charge in [-0.25, -0.2) is 0 Å². The molecule has 210 valence electrons. The Kier molecular flexibility index (Phi) is 9.38. The highest BCUT2D eigenvalue weighted by Crippen LogP contribution is 2.39. The number of phenols is 1. The zero-order chi connectivity index (χ0) is 28.6. The van der Waals surface area contributed by atoms with E-state index in [0.29, 0.717) is 47.8 Å². The summed E-state index contributed by atoms with van der Waals surface area (Å²) in [6, 6.07) is 26.6. The normalized spacial score (nSPS) is 12.6. The molecule has 0 spiro atoms. The third-order valence-electron chi connectivity index (χ3n) is 7.20. The molecule has 4 aromatic carbocycles. The number of phenolic OH excluding ortho intramolecular Hbond substituents is 1. The van der Waals surface area contributed by atoms with Crippen molar-refractivity contribution in [1.82, 2.24) is 10.6 Å². The molecule has 1 atom stereocenters. The van der Waals surface area contributed by atoms with E-state index >= 15 is 0 Å². The van der Waals surface area contributed by atoms with E-state index in [1.165, 1.54) is 0 Å². The third kappa shape index (κ3) is 6.99. The van der Waals surface area contributed by atoms with Crippen molar-refractivity contribution in [2.75, 3.05) is 13.7 Å². The minimum Gasteiger partial charge on any atom is -0.508 e. The maximum Gasteiger partial charge on any atom is 0.252 e. The summed E-state index contributed by atoms with van der Waals surface area (Å²) in [6.45, 7) is 1.34. The molecule has 1 amide bonds. The maximum absolute atomic E-state index is 13.7. The smallest absolute Gasteiger partial charge is 0.252 e. The summed E-state index contributed by atoms with van der Waals surface area (Å²) in [5.74, 6) is 0.825. The number of amides is 1. The number of nitrogens with one attached hydrogen (secondary N) is 2. The number of rotatable bonds is 12. The SMILES string of the molecule is COc1ccc(SO)c(-c2ccc(C(=O)N[C@H](CCNCc3cccc(O)c3)Cc3ccccc3)c3c2[NH2+]C=C3)c1. The van der Waals surface area contributed by atoms with Crippen LogP contribution in [0.1, 0.15) is 33.5 Å². The van der Waals surface area contributed by atoms with Gasteiger partial charge in [-0.3, -0.25) is 10.1 Å². The maximum atomic E-state index is 13.7. The average molecular weight is 569 g/mol. The number of aromatic hydroxyl groups is 1. The summed E-state index contributed by atoms with van der Waals surface area (Å²) in [5.41, 5.74) is 6.35. The van der Waals surface area contributed by atoms with Crippen LogP contribution < -0.4 is 20.7 Å². The number of carbonyl (C=O) groups is 1. The van der Waals surface area contributed by atoms with Gasteiger partial charge in [0.05, 0.1) is 24.4 Å². The van der Waals surface area contributed by atoms with Crippen molar-refractivity contribution in [3.05, 3.63) is 113 Å². The van der Waals surface area contributed by atoms with Gasteiger partial charge in [0.2, 0.25) is 0 Å². The molecule has 1 aliphatic heterocycles. The van der Waals surface area contributed by atoms with Crippen molar-refractivity contribution < 1.29 is 24.5 Å². The molecule has 7 nitrogen and oxygen atoms in total. The summed E-state index contributed by atoms with van der Waals surface area (Å²) < 4.78 is 15.3. The van der Waals surface area contributed by atoms with Crippen LogP contribution in [0.15, 0.2) is 96.0 Å². The molecular weight excluding hydrogens is 534 g/mol. The lowest BCUT2D eigenvalue weighted by Gasteiger charge is -2.20. The summed E-state index contributed by atoms with van der Waals surface area (Å²) in [6.07, 6.45) is 5.36. The molecule has 6 N–H and O–H groups in total. The second-order valence-corrected chi connectivity index (χ2v) is 10.6. The monoisotopic (exact) mass is 568 g/mol. The topological polar surface area (TPSA) is 107 Å². The van der Waals surface area contributed by atoms with Crippen molar-refractivity contribution in [3.63, 3.8) is 0 Å². The minimum absolute atomic E-state index is 0.0814. The molecule has 0 saturated heterocycles. The first kappa shape index (κ1) is 28.4. The highest BCUT2D eigenvalue weighted by Gasteiger charge is 2.26. The van der Waals surface area contributed by atoms with Gasteiger partial charge in [-0.15, -0.1) is 0 Å². The lowest BCUT2D eigenvalue weighted by Crippen LogP contribution is -2.69. The predicted molar refractivity (Wildman–Crippen MR) is 163 cm³/mol. The highest BCUT2D eigenvalue weighted by molar-refractivity contribution is 7.94. The third-order valence-corrected chi connectivity index (χ3v) is 7.75. The van der Waals surface area contributed by atoms with Crippen LogP contribution in [0.25, 0.3) is 17.2 Å². The molecule has 0 aliphatic carbocycles. The first-order valence-electron chi connectivity index (χ1n) is 13.6. The van der Waals surface area contributed by atoms with Crippen LogP contribution in [0.3, 0.4) is 0 Å². The van der Waals surface area contributed by atoms with Gasteiger partial charge in [0.1, 0.15) is 17.2 Å². The lowest BCUT2D eigenvalue weighted by molar-refractivity contribution is -0.490. The molecule has 1 aliphatic rings. The fourth-order valence-electron chi connectivity index (χ4n) is 5.16. The van der Waals surface area contributed by atoms with Crippen molar-refractivity contribution in [3.8, 4) is 22.6 Å².